The Hall–Kier alpha value is -3.89. The molecule has 5 rings (SSSR count). The van der Waals surface area contributed by atoms with Crippen LogP contribution in [0, 0.1) is 6.92 Å². The fourth-order valence-electron chi connectivity index (χ4n) is 5.53. The second kappa shape index (κ2) is 12.4. The third-order valence-electron chi connectivity index (χ3n) is 7.94. The van der Waals surface area contributed by atoms with E-state index in [9.17, 15) is 21.6 Å². The van der Waals surface area contributed by atoms with E-state index < -0.39 is 27.5 Å². The van der Waals surface area contributed by atoms with Crippen molar-refractivity contribution in [3.05, 3.63) is 108 Å². The van der Waals surface area contributed by atoms with Crippen molar-refractivity contribution in [2.24, 2.45) is 0 Å². The number of anilines is 1. The summed E-state index contributed by atoms with van der Waals surface area (Å²) in [5, 5.41) is 0.564. The zero-order valence-electron chi connectivity index (χ0n) is 24.2. The Bertz CT molecular complexity index is 1720. The van der Waals surface area contributed by atoms with Gasteiger partial charge in [0.25, 0.3) is 10.0 Å². The highest BCUT2D eigenvalue weighted by Crippen LogP contribution is 2.38. The molecule has 1 fully saturated rings. The van der Waals surface area contributed by atoms with Gasteiger partial charge < -0.3 is 9.80 Å². The number of alkyl halides is 3. The minimum atomic E-state index is -4.80. The minimum absolute atomic E-state index is 0.180. The number of hydrogen-bond donors (Lipinski definition) is 1. The number of pyridine rings is 1. The lowest BCUT2D eigenvalue weighted by molar-refractivity contribution is -0.136. The van der Waals surface area contributed by atoms with Gasteiger partial charge in [-0.05, 0) is 61.2 Å². The Morgan fingerprint density at radius 3 is 2.49 bits per heavy atom. The van der Waals surface area contributed by atoms with Gasteiger partial charge in [-0.1, -0.05) is 67.6 Å². The van der Waals surface area contributed by atoms with Crippen molar-refractivity contribution < 1.29 is 21.6 Å². The van der Waals surface area contributed by atoms with E-state index in [1.807, 2.05) is 4.90 Å². The van der Waals surface area contributed by atoms with E-state index in [1.165, 1.54) is 35.5 Å². The molecule has 10 heteroatoms. The maximum absolute atomic E-state index is 14.3. The zero-order chi connectivity index (χ0) is 30.8. The number of sulfonamides is 1. The molecule has 0 spiro atoms. The minimum Gasteiger partial charge on any atom is -0.370 e. The van der Waals surface area contributed by atoms with Crippen LogP contribution in [0.15, 0.2) is 90.5 Å². The zero-order valence-corrected chi connectivity index (χ0v) is 25.0. The Balaban J connectivity index is 1.32. The summed E-state index contributed by atoms with van der Waals surface area (Å²) in [6.45, 7) is 12.2. The molecule has 1 aromatic heterocycles. The molecule has 2 heterocycles. The van der Waals surface area contributed by atoms with Crippen LogP contribution >= 0.6 is 0 Å². The molecular formula is C33H35F3N4O2S. The van der Waals surface area contributed by atoms with Crippen LogP contribution in [0.5, 0.6) is 0 Å². The molecule has 0 saturated carbocycles. The highest BCUT2D eigenvalue weighted by atomic mass is 32.2. The SMILES string of the molecule is C=C(c1ccc(NS(=O)(=O)c2cccc3cccnc23)c(C(F)(F)F)c1)N1CCCN(CC(C)c2ccc(C)cc2)CC1. The lowest BCUT2D eigenvalue weighted by Crippen LogP contribution is -2.32. The first-order valence-electron chi connectivity index (χ1n) is 14.2. The summed E-state index contributed by atoms with van der Waals surface area (Å²) in [6, 6.07) is 20.1. The Morgan fingerprint density at radius 2 is 1.74 bits per heavy atom. The monoisotopic (exact) mass is 608 g/mol. The fraction of sp³-hybridized carbons (Fsp3) is 0.303. The van der Waals surface area contributed by atoms with Crippen LogP contribution in [-0.2, 0) is 16.2 Å². The van der Waals surface area contributed by atoms with Crippen LogP contribution in [0.3, 0.4) is 0 Å². The van der Waals surface area contributed by atoms with E-state index in [0.29, 0.717) is 35.7 Å². The normalized spacial score (nSPS) is 15.7. The third kappa shape index (κ3) is 7.02. The van der Waals surface area contributed by atoms with Crippen LogP contribution in [0.2, 0.25) is 0 Å². The second-order valence-electron chi connectivity index (χ2n) is 11.1. The molecule has 1 N–H and O–H groups in total. The molecular weight excluding hydrogens is 573 g/mol. The summed E-state index contributed by atoms with van der Waals surface area (Å²) in [5.74, 6) is 0.352. The molecule has 1 atom stereocenters. The molecule has 1 unspecified atom stereocenters. The third-order valence-corrected chi connectivity index (χ3v) is 9.33. The molecule has 43 heavy (non-hydrogen) atoms. The van der Waals surface area contributed by atoms with Gasteiger partial charge >= 0.3 is 6.18 Å². The van der Waals surface area contributed by atoms with Crippen LogP contribution in [0.1, 0.15) is 41.5 Å². The maximum atomic E-state index is 14.3. The van der Waals surface area contributed by atoms with Crippen molar-refractivity contribution in [3.8, 4) is 0 Å². The van der Waals surface area contributed by atoms with Crippen LogP contribution in [0.4, 0.5) is 18.9 Å². The molecule has 1 aliphatic heterocycles. The van der Waals surface area contributed by atoms with Crippen molar-refractivity contribution in [3.63, 3.8) is 0 Å². The summed E-state index contributed by atoms with van der Waals surface area (Å²) in [5.41, 5.74) is 1.83. The molecule has 0 amide bonds. The van der Waals surface area contributed by atoms with Gasteiger partial charge in [-0.2, -0.15) is 13.2 Å². The van der Waals surface area contributed by atoms with E-state index >= 15 is 0 Å². The van der Waals surface area contributed by atoms with E-state index in [4.69, 9.17) is 0 Å². The highest BCUT2D eigenvalue weighted by molar-refractivity contribution is 7.93. The fourth-order valence-corrected chi connectivity index (χ4v) is 6.79. The van der Waals surface area contributed by atoms with Crippen LogP contribution < -0.4 is 4.72 Å². The number of rotatable bonds is 8. The van der Waals surface area contributed by atoms with Crippen molar-refractivity contribution in [2.45, 2.75) is 37.3 Å². The molecule has 3 aromatic carbocycles. The predicted molar refractivity (Wildman–Crippen MR) is 165 cm³/mol. The number of nitrogens with one attached hydrogen (secondary N) is 1. The van der Waals surface area contributed by atoms with Crippen LogP contribution in [0.25, 0.3) is 16.6 Å². The second-order valence-corrected chi connectivity index (χ2v) is 12.7. The van der Waals surface area contributed by atoms with Gasteiger partial charge in [0.05, 0.1) is 16.8 Å². The molecule has 226 valence electrons. The summed E-state index contributed by atoms with van der Waals surface area (Å²) >= 11 is 0. The Labute approximate surface area is 250 Å². The Kier molecular flexibility index (Phi) is 8.80. The first-order valence-corrected chi connectivity index (χ1v) is 15.7. The first kappa shape index (κ1) is 30.6. The number of hydrogen-bond acceptors (Lipinski definition) is 5. The predicted octanol–water partition coefficient (Wildman–Crippen LogP) is 7.14. The molecule has 6 nitrogen and oxygen atoms in total. The first-order chi connectivity index (χ1) is 20.4. The number of aryl methyl sites for hydroxylation is 1. The van der Waals surface area contributed by atoms with Crippen LogP contribution in [-0.4, -0.2) is 55.9 Å². The molecule has 0 radical (unpaired) electrons. The largest absolute Gasteiger partial charge is 0.418 e. The van der Waals surface area contributed by atoms with E-state index in [1.54, 1.807) is 18.2 Å². The average molecular weight is 609 g/mol. The van der Waals surface area contributed by atoms with Crippen molar-refractivity contribution in [1.82, 2.24) is 14.8 Å². The molecule has 1 saturated heterocycles. The number of fused-ring (bicyclic) bond motifs is 1. The number of nitrogens with zero attached hydrogens (tertiary/aromatic N) is 3. The smallest absolute Gasteiger partial charge is 0.370 e. The molecule has 1 aliphatic rings. The van der Waals surface area contributed by atoms with Gasteiger partial charge in [-0.25, -0.2) is 8.42 Å². The van der Waals surface area contributed by atoms with Gasteiger partial charge in [0.1, 0.15) is 4.90 Å². The van der Waals surface area contributed by atoms with Gasteiger partial charge in [0, 0.05) is 43.5 Å². The lowest BCUT2D eigenvalue weighted by Gasteiger charge is -2.27. The summed E-state index contributed by atoms with van der Waals surface area (Å²) in [6.07, 6.45) is -2.51. The van der Waals surface area contributed by atoms with E-state index in [0.717, 1.165) is 38.2 Å². The van der Waals surface area contributed by atoms with Gasteiger partial charge in [-0.3, -0.25) is 9.71 Å². The van der Waals surface area contributed by atoms with Crippen molar-refractivity contribution >= 4 is 32.3 Å². The average Bonchev–Trinajstić information content (AvgIpc) is 3.21. The molecule has 0 bridgehead atoms. The van der Waals surface area contributed by atoms with Crippen molar-refractivity contribution in [2.75, 3.05) is 37.4 Å². The number of benzene rings is 3. The van der Waals surface area contributed by atoms with E-state index in [2.05, 4.69) is 59.3 Å². The summed E-state index contributed by atoms with van der Waals surface area (Å²) in [7, 11) is -4.37. The highest BCUT2D eigenvalue weighted by Gasteiger charge is 2.36. The lowest BCUT2D eigenvalue weighted by atomic mass is 9.99. The van der Waals surface area contributed by atoms with E-state index in [-0.39, 0.29) is 10.4 Å². The molecule has 0 aliphatic carbocycles. The van der Waals surface area contributed by atoms with Gasteiger partial charge in [-0.15, -0.1) is 0 Å². The quantitative estimate of drug-likeness (QED) is 0.230. The van der Waals surface area contributed by atoms with Gasteiger partial charge in [0.15, 0.2) is 0 Å². The topological polar surface area (TPSA) is 65.5 Å². The summed E-state index contributed by atoms with van der Waals surface area (Å²) in [4.78, 5) is 8.34. The maximum Gasteiger partial charge on any atom is 0.418 e. The van der Waals surface area contributed by atoms with Gasteiger partial charge in [0.2, 0.25) is 0 Å². The Morgan fingerprint density at radius 1 is 1.00 bits per heavy atom. The number of halogens is 3. The standard InChI is InChI=1S/C33H35F3N4O2S/c1-23-10-12-26(13-11-23)24(2)22-39-17-6-18-40(20-19-39)25(3)28-14-15-30(29(21-28)33(34,35)36)38-43(41,42)31-9-4-7-27-8-5-16-37-32(27)31/h4-5,7-16,21,24,38H,3,6,17-20,22H2,1-2H3. The van der Waals surface area contributed by atoms with Crippen molar-refractivity contribution in [1.29, 1.82) is 0 Å². The number of aromatic nitrogens is 1. The summed E-state index contributed by atoms with van der Waals surface area (Å²) < 4.78 is 71.5. The number of para-hydroxylation sites is 1. The molecule has 4 aromatic rings.